The van der Waals surface area contributed by atoms with E-state index >= 15 is 0 Å². The van der Waals surface area contributed by atoms with Gasteiger partial charge in [0.1, 0.15) is 16.5 Å². The van der Waals surface area contributed by atoms with Gasteiger partial charge >= 0.3 is 0 Å². The van der Waals surface area contributed by atoms with Crippen molar-refractivity contribution >= 4 is 11.3 Å². The Balaban J connectivity index is 1.37. The monoisotopic (exact) mass is 380 g/mol. The van der Waals surface area contributed by atoms with Crippen molar-refractivity contribution < 1.29 is 9.84 Å². The number of thiazole rings is 1. The molecule has 1 aliphatic heterocycles. The Hall–Kier alpha value is -2.37. The Bertz CT molecular complexity index is 883. The zero-order chi connectivity index (χ0) is 18.6. The predicted molar refractivity (Wildman–Crippen MR) is 109 cm³/mol. The zero-order valence-corrected chi connectivity index (χ0v) is 16.3. The van der Waals surface area contributed by atoms with Gasteiger partial charge in [0, 0.05) is 11.9 Å². The van der Waals surface area contributed by atoms with E-state index in [0.717, 1.165) is 54.5 Å². The van der Waals surface area contributed by atoms with Gasteiger partial charge in [-0.25, -0.2) is 4.98 Å². The fourth-order valence-electron chi connectivity index (χ4n) is 3.72. The van der Waals surface area contributed by atoms with Crippen LogP contribution in [0.15, 0.2) is 53.9 Å². The van der Waals surface area contributed by atoms with E-state index in [-0.39, 0.29) is 0 Å². The van der Waals surface area contributed by atoms with Crippen LogP contribution in [-0.2, 0) is 6.54 Å². The Morgan fingerprint density at radius 2 is 1.85 bits per heavy atom. The first-order chi connectivity index (χ1) is 13.2. The van der Waals surface area contributed by atoms with Crippen molar-refractivity contribution in [3.63, 3.8) is 0 Å². The molecule has 0 aliphatic carbocycles. The summed E-state index contributed by atoms with van der Waals surface area (Å²) >= 11 is 1.68. The highest BCUT2D eigenvalue weighted by Crippen LogP contribution is 2.33. The number of methoxy groups -OCH3 is 1. The van der Waals surface area contributed by atoms with Gasteiger partial charge in [-0.3, -0.25) is 4.90 Å². The number of piperidine rings is 1. The summed E-state index contributed by atoms with van der Waals surface area (Å²) in [6.45, 7) is 3.05. The second kappa shape index (κ2) is 8.11. The summed E-state index contributed by atoms with van der Waals surface area (Å²) in [5, 5.41) is 12.6. The van der Waals surface area contributed by atoms with Crippen LogP contribution >= 0.6 is 11.3 Å². The third-order valence-corrected chi connectivity index (χ3v) is 6.15. The highest BCUT2D eigenvalue weighted by Gasteiger charge is 2.21. The van der Waals surface area contributed by atoms with Crippen molar-refractivity contribution in [2.45, 2.75) is 25.3 Å². The molecular weight excluding hydrogens is 356 g/mol. The predicted octanol–water partition coefficient (Wildman–Crippen LogP) is 4.90. The van der Waals surface area contributed by atoms with Gasteiger partial charge in [-0.1, -0.05) is 24.3 Å². The Kier molecular flexibility index (Phi) is 5.41. The quantitative estimate of drug-likeness (QED) is 0.683. The summed E-state index contributed by atoms with van der Waals surface area (Å²) in [6, 6.07) is 15.7. The maximum absolute atomic E-state index is 9.46. The van der Waals surface area contributed by atoms with Crippen molar-refractivity contribution in [2.75, 3.05) is 20.2 Å². The molecule has 4 nitrogen and oxygen atoms in total. The average molecular weight is 381 g/mol. The van der Waals surface area contributed by atoms with E-state index in [1.54, 1.807) is 30.6 Å². The number of nitrogens with zero attached hydrogens (tertiary/aromatic N) is 2. The lowest BCUT2D eigenvalue weighted by Crippen LogP contribution is -2.32. The summed E-state index contributed by atoms with van der Waals surface area (Å²) in [5.74, 6) is 1.79. The minimum atomic E-state index is 0.338. The maximum atomic E-state index is 9.46. The summed E-state index contributed by atoms with van der Waals surface area (Å²) < 4.78 is 5.46. The van der Waals surface area contributed by atoms with Crippen LogP contribution in [0.2, 0.25) is 0 Å². The number of hydrogen-bond acceptors (Lipinski definition) is 5. The van der Waals surface area contributed by atoms with Crippen molar-refractivity contribution in [3.05, 3.63) is 65.2 Å². The number of aromatic nitrogens is 1. The van der Waals surface area contributed by atoms with E-state index in [1.807, 2.05) is 18.2 Å². The molecule has 0 bridgehead atoms. The summed E-state index contributed by atoms with van der Waals surface area (Å²) in [7, 11) is 1.70. The van der Waals surface area contributed by atoms with Gasteiger partial charge in [-0.05, 0) is 61.7 Å². The first-order valence-corrected chi connectivity index (χ1v) is 10.2. The number of phenols is 1. The topological polar surface area (TPSA) is 45.6 Å². The highest BCUT2D eigenvalue weighted by atomic mass is 32.1. The fraction of sp³-hybridized carbons (Fsp3) is 0.318. The number of rotatable bonds is 5. The standard InChI is InChI=1S/C22H24N2O2S/c1-26-21-5-3-2-4-20(21)22-23-18(15-27-22)14-24-12-10-17(11-13-24)16-6-8-19(25)9-7-16/h2-9,15,17,25H,10-14H2,1H3. The number of aromatic hydroxyl groups is 1. The summed E-state index contributed by atoms with van der Waals surface area (Å²) in [6.07, 6.45) is 2.29. The highest BCUT2D eigenvalue weighted by molar-refractivity contribution is 7.13. The molecule has 1 aromatic heterocycles. The SMILES string of the molecule is COc1ccccc1-c1nc(CN2CCC(c3ccc(O)cc3)CC2)cs1. The largest absolute Gasteiger partial charge is 0.508 e. The molecule has 27 heavy (non-hydrogen) atoms. The number of ether oxygens (including phenoxy) is 1. The van der Waals surface area contributed by atoms with Crippen LogP contribution in [0.5, 0.6) is 11.5 Å². The molecule has 0 saturated carbocycles. The van der Waals surface area contributed by atoms with E-state index in [1.165, 1.54) is 5.56 Å². The zero-order valence-electron chi connectivity index (χ0n) is 15.5. The van der Waals surface area contributed by atoms with Crippen LogP contribution in [0.1, 0.15) is 30.0 Å². The van der Waals surface area contributed by atoms with Gasteiger partial charge in [0.25, 0.3) is 0 Å². The van der Waals surface area contributed by atoms with Crippen molar-refractivity contribution in [2.24, 2.45) is 0 Å². The van der Waals surface area contributed by atoms with Crippen LogP contribution < -0.4 is 4.74 Å². The Morgan fingerprint density at radius 3 is 2.59 bits per heavy atom. The number of likely N-dealkylation sites (tertiary alicyclic amines) is 1. The molecule has 5 heteroatoms. The lowest BCUT2D eigenvalue weighted by Gasteiger charge is -2.31. The lowest BCUT2D eigenvalue weighted by atomic mass is 9.89. The van der Waals surface area contributed by atoms with E-state index in [4.69, 9.17) is 9.72 Å². The van der Waals surface area contributed by atoms with E-state index in [9.17, 15) is 5.11 Å². The molecular formula is C22H24N2O2S. The minimum absolute atomic E-state index is 0.338. The smallest absolute Gasteiger partial charge is 0.129 e. The first-order valence-electron chi connectivity index (χ1n) is 9.32. The van der Waals surface area contributed by atoms with Gasteiger partial charge in [0.2, 0.25) is 0 Å². The molecule has 1 aliphatic rings. The minimum Gasteiger partial charge on any atom is -0.508 e. The molecule has 0 atom stereocenters. The molecule has 140 valence electrons. The fourth-order valence-corrected chi connectivity index (χ4v) is 4.57. The van der Waals surface area contributed by atoms with Gasteiger partial charge in [0.05, 0.1) is 18.4 Å². The molecule has 0 radical (unpaired) electrons. The van der Waals surface area contributed by atoms with Crippen molar-refractivity contribution in [1.29, 1.82) is 0 Å². The second-order valence-electron chi connectivity index (χ2n) is 6.99. The summed E-state index contributed by atoms with van der Waals surface area (Å²) in [5.41, 5.74) is 3.52. The molecule has 1 N–H and O–H groups in total. The molecule has 4 rings (SSSR count). The Labute approximate surface area is 164 Å². The van der Waals surface area contributed by atoms with E-state index < -0.39 is 0 Å². The van der Waals surface area contributed by atoms with Crippen LogP contribution in [0.3, 0.4) is 0 Å². The van der Waals surface area contributed by atoms with Crippen molar-refractivity contribution in [1.82, 2.24) is 9.88 Å². The van der Waals surface area contributed by atoms with E-state index in [0.29, 0.717) is 11.7 Å². The Morgan fingerprint density at radius 1 is 1.11 bits per heavy atom. The molecule has 1 saturated heterocycles. The molecule has 0 amide bonds. The van der Waals surface area contributed by atoms with Crippen molar-refractivity contribution in [3.8, 4) is 22.1 Å². The van der Waals surface area contributed by atoms with Crippen LogP contribution in [0.4, 0.5) is 0 Å². The van der Waals surface area contributed by atoms with Crippen LogP contribution in [-0.4, -0.2) is 35.2 Å². The third-order valence-electron chi connectivity index (χ3n) is 5.23. The van der Waals surface area contributed by atoms with Crippen LogP contribution in [0, 0.1) is 0 Å². The van der Waals surface area contributed by atoms with E-state index in [2.05, 4.69) is 28.5 Å². The molecule has 3 aromatic rings. The molecule has 2 heterocycles. The third kappa shape index (κ3) is 4.15. The second-order valence-corrected chi connectivity index (χ2v) is 7.84. The number of para-hydroxylation sites is 1. The van der Waals surface area contributed by atoms with Gasteiger partial charge in [0.15, 0.2) is 0 Å². The summed E-state index contributed by atoms with van der Waals surface area (Å²) in [4.78, 5) is 7.32. The molecule has 2 aromatic carbocycles. The molecule has 0 spiro atoms. The van der Waals surface area contributed by atoms with Gasteiger partial charge in [-0.15, -0.1) is 11.3 Å². The molecule has 0 unspecified atom stereocenters. The number of hydrogen-bond donors (Lipinski definition) is 1. The number of benzene rings is 2. The average Bonchev–Trinajstić information content (AvgIpc) is 3.17. The normalized spacial score (nSPS) is 15.7. The first kappa shape index (κ1) is 18.0. The number of phenolic OH excluding ortho intramolecular Hbond substituents is 1. The molecule has 1 fully saturated rings. The van der Waals surface area contributed by atoms with Gasteiger partial charge < -0.3 is 9.84 Å². The maximum Gasteiger partial charge on any atom is 0.129 e. The van der Waals surface area contributed by atoms with Gasteiger partial charge in [-0.2, -0.15) is 0 Å². The lowest BCUT2D eigenvalue weighted by molar-refractivity contribution is 0.203. The van der Waals surface area contributed by atoms with Crippen LogP contribution in [0.25, 0.3) is 10.6 Å².